The van der Waals surface area contributed by atoms with Crippen LogP contribution in [0.1, 0.15) is 59.3 Å². The standard InChI is InChI=1S/C14H27N/c1-10-5-4-6-11(2)14(10)15-12(3)9-13-7-8-13/h10-15H,4-9H2,1-3H3. The van der Waals surface area contributed by atoms with E-state index in [4.69, 9.17) is 0 Å². The molecule has 2 rings (SSSR count). The van der Waals surface area contributed by atoms with Gasteiger partial charge in [-0.2, -0.15) is 0 Å². The lowest BCUT2D eigenvalue weighted by molar-refractivity contribution is 0.192. The third-order valence-electron chi connectivity index (χ3n) is 4.41. The van der Waals surface area contributed by atoms with E-state index in [1.54, 1.807) is 0 Å². The van der Waals surface area contributed by atoms with Crippen molar-refractivity contribution in [1.29, 1.82) is 0 Å². The Morgan fingerprint density at radius 2 is 1.67 bits per heavy atom. The quantitative estimate of drug-likeness (QED) is 0.746. The Balaban J connectivity index is 1.79. The molecular formula is C14H27N. The first-order valence-corrected chi connectivity index (χ1v) is 6.93. The van der Waals surface area contributed by atoms with Gasteiger partial charge in [0.25, 0.3) is 0 Å². The number of hydrogen-bond acceptors (Lipinski definition) is 1. The molecule has 1 heteroatoms. The van der Waals surface area contributed by atoms with Crippen LogP contribution in [0.2, 0.25) is 0 Å². The van der Waals surface area contributed by atoms with Gasteiger partial charge in [-0.3, -0.25) is 0 Å². The summed E-state index contributed by atoms with van der Waals surface area (Å²) in [5.74, 6) is 2.83. The fourth-order valence-electron chi connectivity index (χ4n) is 3.26. The van der Waals surface area contributed by atoms with Crippen LogP contribution >= 0.6 is 0 Å². The Labute approximate surface area is 95.0 Å². The van der Waals surface area contributed by atoms with Crippen molar-refractivity contribution in [2.24, 2.45) is 17.8 Å². The number of hydrogen-bond donors (Lipinski definition) is 1. The maximum absolute atomic E-state index is 3.89. The molecule has 0 aliphatic heterocycles. The Bertz CT molecular complexity index is 188. The zero-order chi connectivity index (χ0) is 10.8. The van der Waals surface area contributed by atoms with Gasteiger partial charge in [0, 0.05) is 12.1 Å². The van der Waals surface area contributed by atoms with E-state index in [9.17, 15) is 0 Å². The summed E-state index contributed by atoms with van der Waals surface area (Å²) in [6, 6.07) is 1.53. The van der Waals surface area contributed by atoms with E-state index >= 15 is 0 Å². The van der Waals surface area contributed by atoms with Crippen LogP contribution in [0, 0.1) is 17.8 Å². The van der Waals surface area contributed by atoms with Gasteiger partial charge in [-0.05, 0) is 43.9 Å². The van der Waals surface area contributed by atoms with E-state index in [0.29, 0.717) is 0 Å². The van der Waals surface area contributed by atoms with Crippen LogP contribution in [0.5, 0.6) is 0 Å². The summed E-state index contributed by atoms with van der Waals surface area (Å²) in [5, 5.41) is 3.89. The average Bonchev–Trinajstić information content (AvgIpc) is 2.95. The van der Waals surface area contributed by atoms with Crippen molar-refractivity contribution in [2.45, 2.75) is 71.4 Å². The Morgan fingerprint density at radius 1 is 1.07 bits per heavy atom. The van der Waals surface area contributed by atoms with E-state index in [-0.39, 0.29) is 0 Å². The zero-order valence-electron chi connectivity index (χ0n) is 10.6. The first kappa shape index (κ1) is 11.4. The van der Waals surface area contributed by atoms with Gasteiger partial charge in [0.1, 0.15) is 0 Å². The van der Waals surface area contributed by atoms with E-state index < -0.39 is 0 Å². The summed E-state index contributed by atoms with van der Waals surface area (Å²) in [7, 11) is 0. The summed E-state index contributed by atoms with van der Waals surface area (Å²) in [6.45, 7) is 7.24. The molecule has 2 aliphatic carbocycles. The molecule has 1 nitrogen and oxygen atoms in total. The molecule has 0 saturated heterocycles. The molecular weight excluding hydrogens is 182 g/mol. The molecule has 2 saturated carbocycles. The summed E-state index contributed by atoms with van der Waals surface area (Å²) in [5.41, 5.74) is 0. The average molecular weight is 209 g/mol. The highest BCUT2D eigenvalue weighted by Gasteiger charge is 2.30. The minimum Gasteiger partial charge on any atom is -0.311 e. The van der Waals surface area contributed by atoms with E-state index in [0.717, 1.165) is 29.8 Å². The second kappa shape index (κ2) is 4.86. The number of nitrogens with one attached hydrogen (secondary N) is 1. The highest BCUT2D eigenvalue weighted by Crippen LogP contribution is 2.34. The predicted octanol–water partition coefficient (Wildman–Crippen LogP) is 3.59. The van der Waals surface area contributed by atoms with Gasteiger partial charge in [0.15, 0.2) is 0 Å². The smallest absolute Gasteiger partial charge is 0.0121 e. The van der Waals surface area contributed by atoms with Crippen LogP contribution in [0.25, 0.3) is 0 Å². The zero-order valence-corrected chi connectivity index (χ0v) is 10.6. The molecule has 3 atom stereocenters. The first-order valence-electron chi connectivity index (χ1n) is 6.93. The Morgan fingerprint density at radius 3 is 2.20 bits per heavy atom. The normalized spacial score (nSPS) is 39.0. The molecule has 15 heavy (non-hydrogen) atoms. The molecule has 0 spiro atoms. The molecule has 0 heterocycles. The molecule has 2 fully saturated rings. The largest absolute Gasteiger partial charge is 0.311 e. The molecule has 3 unspecified atom stereocenters. The summed E-state index contributed by atoms with van der Waals surface area (Å²) in [6.07, 6.45) is 8.69. The Kier molecular flexibility index (Phi) is 3.71. The highest BCUT2D eigenvalue weighted by atomic mass is 15.0. The lowest BCUT2D eigenvalue weighted by Gasteiger charge is -2.37. The lowest BCUT2D eigenvalue weighted by Crippen LogP contribution is -2.46. The van der Waals surface area contributed by atoms with Gasteiger partial charge in [0.2, 0.25) is 0 Å². The van der Waals surface area contributed by atoms with Crippen molar-refractivity contribution in [3.8, 4) is 0 Å². The van der Waals surface area contributed by atoms with Crippen molar-refractivity contribution in [1.82, 2.24) is 5.32 Å². The van der Waals surface area contributed by atoms with Crippen LogP contribution in [0.3, 0.4) is 0 Å². The van der Waals surface area contributed by atoms with E-state index in [2.05, 4.69) is 26.1 Å². The highest BCUT2D eigenvalue weighted by molar-refractivity contribution is 4.87. The summed E-state index contributed by atoms with van der Waals surface area (Å²) < 4.78 is 0. The minimum atomic E-state index is 0.741. The maximum Gasteiger partial charge on any atom is 0.0121 e. The van der Waals surface area contributed by atoms with E-state index in [1.807, 2.05) is 0 Å². The van der Waals surface area contributed by atoms with Gasteiger partial charge in [-0.1, -0.05) is 33.1 Å². The van der Waals surface area contributed by atoms with Crippen molar-refractivity contribution >= 4 is 0 Å². The van der Waals surface area contributed by atoms with Gasteiger partial charge in [-0.15, -0.1) is 0 Å². The monoisotopic (exact) mass is 209 g/mol. The first-order chi connectivity index (χ1) is 7.16. The van der Waals surface area contributed by atoms with Gasteiger partial charge in [0.05, 0.1) is 0 Å². The lowest BCUT2D eigenvalue weighted by atomic mass is 9.78. The molecule has 1 N–H and O–H groups in total. The van der Waals surface area contributed by atoms with Gasteiger partial charge in [-0.25, -0.2) is 0 Å². The van der Waals surface area contributed by atoms with Crippen LogP contribution in [-0.2, 0) is 0 Å². The molecule has 0 aromatic rings. The second-order valence-corrected chi connectivity index (χ2v) is 6.16. The van der Waals surface area contributed by atoms with E-state index in [1.165, 1.54) is 38.5 Å². The molecule has 0 aromatic heterocycles. The fraction of sp³-hybridized carbons (Fsp3) is 1.00. The van der Waals surface area contributed by atoms with Crippen LogP contribution < -0.4 is 5.32 Å². The molecule has 2 aliphatic rings. The minimum absolute atomic E-state index is 0.741. The maximum atomic E-state index is 3.89. The summed E-state index contributed by atoms with van der Waals surface area (Å²) >= 11 is 0. The molecule has 0 amide bonds. The van der Waals surface area contributed by atoms with Crippen molar-refractivity contribution in [3.05, 3.63) is 0 Å². The van der Waals surface area contributed by atoms with Crippen molar-refractivity contribution in [2.75, 3.05) is 0 Å². The molecule has 0 radical (unpaired) electrons. The number of rotatable bonds is 4. The second-order valence-electron chi connectivity index (χ2n) is 6.16. The third-order valence-corrected chi connectivity index (χ3v) is 4.41. The van der Waals surface area contributed by atoms with Crippen LogP contribution in [0.4, 0.5) is 0 Å². The van der Waals surface area contributed by atoms with Crippen molar-refractivity contribution in [3.63, 3.8) is 0 Å². The summed E-state index contributed by atoms with van der Waals surface area (Å²) in [4.78, 5) is 0. The van der Waals surface area contributed by atoms with Gasteiger partial charge < -0.3 is 5.32 Å². The van der Waals surface area contributed by atoms with Gasteiger partial charge >= 0.3 is 0 Å². The van der Waals surface area contributed by atoms with Crippen LogP contribution in [-0.4, -0.2) is 12.1 Å². The SMILES string of the molecule is CC(CC1CC1)NC1C(C)CCCC1C. The molecule has 0 aromatic carbocycles. The van der Waals surface area contributed by atoms with Crippen molar-refractivity contribution < 1.29 is 0 Å². The molecule has 88 valence electrons. The Hall–Kier alpha value is -0.0400. The predicted molar refractivity (Wildman–Crippen MR) is 65.9 cm³/mol. The third kappa shape index (κ3) is 3.21. The topological polar surface area (TPSA) is 12.0 Å². The van der Waals surface area contributed by atoms with Crippen LogP contribution in [0.15, 0.2) is 0 Å². The molecule has 0 bridgehead atoms. The fourth-order valence-corrected chi connectivity index (χ4v) is 3.26.